The van der Waals surface area contributed by atoms with Crippen molar-refractivity contribution in [3.05, 3.63) is 59.3 Å². The Morgan fingerprint density at radius 1 is 1.22 bits per heavy atom. The summed E-state index contributed by atoms with van der Waals surface area (Å²) in [5, 5.41) is 9.47. The molecule has 2 N–H and O–H groups in total. The summed E-state index contributed by atoms with van der Waals surface area (Å²) in [5.41, 5.74) is 1.97. The molecule has 0 spiro atoms. The summed E-state index contributed by atoms with van der Waals surface area (Å²) >= 11 is 0. The normalized spacial score (nSPS) is 10.7. The van der Waals surface area contributed by atoms with Crippen LogP contribution in [0.4, 0.5) is 19.3 Å². The highest BCUT2D eigenvalue weighted by Crippen LogP contribution is 2.20. The first kappa shape index (κ1) is 15.0. The topological polar surface area (TPSA) is 67.2 Å². The van der Waals surface area contributed by atoms with Crippen molar-refractivity contribution in [1.82, 2.24) is 10.5 Å². The Labute approximate surface area is 130 Å². The molecule has 0 atom stereocenters. The van der Waals surface area contributed by atoms with E-state index in [0.717, 1.165) is 29.1 Å². The quantitative estimate of drug-likeness (QED) is 0.773. The highest BCUT2D eigenvalue weighted by atomic mass is 19.1. The average molecular weight is 317 g/mol. The van der Waals surface area contributed by atoms with Crippen LogP contribution in [0.3, 0.4) is 0 Å². The number of aromatic nitrogens is 1. The lowest BCUT2D eigenvalue weighted by Crippen LogP contribution is -2.28. The smallest absolute Gasteiger partial charge is 0.319 e. The Balaban J connectivity index is 1.68. The number of benzene rings is 2. The fourth-order valence-electron chi connectivity index (χ4n) is 2.15. The third-order valence-electron chi connectivity index (χ3n) is 3.29. The van der Waals surface area contributed by atoms with Crippen LogP contribution in [0.2, 0.25) is 0 Å². The first-order valence-electron chi connectivity index (χ1n) is 6.88. The molecular weight excluding hydrogens is 304 g/mol. The Morgan fingerprint density at radius 3 is 2.87 bits per heavy atom. The number of anilines is 1. The van der Waals surface area contributed by atoms with Gasteiger partial charge in [0.15, 0.2) is 5.58 Å². The maximum Gasteiger partial charge on any atom is 0.319 e. The van der Waals surface area contributed by atoms with Crippen LogP contribution in [-0.2, 0) is 6.54 Å². The van der Waals surface area contributed by atoms with Crippen molar-refractivity contribution < 1.29 is 18.1 Å². The van der Waals surface area contributed by atoms with Crippen molar-refractivity contribution in [2.45, 2.75) is 13.5 Å². The van der Waals surface area contributed by atoms with Gasteiger partial charge in [-0.3, -0.25) is 0 Å². The molecule has 0 saturated carbocycles. The second kappa shape index (κ2) is 6.04. The molecule has 0 unspecified atom stereocenters. The van der Waals surface area contributed by atoms with Crippen LogP contribution in [0.1, 0.15) is 11.3 Å². The second-order valence-corrected chi connectivity index (χ2v) is 5.06. The summed E-state index contributed by atoms with van der Waals surface area (Å²) in [4.78, 5) is 11.8. The van der Waals surface area contributed by atoms with Gasteiger partial charge in [0.2, 0.25) is 0 Å². The van der Waals surface area contributed by atoms with Crippen molar-refractivity contribution in [2.75, 3.05) is 5.32 Å². The predicted molar refractivity (Wildman–Crippen MR) is 81.0 cm³/mol. The van der Waals surface area contributed by atoms with E-state index in [1.807, 2.05) is 19.1 Å². The van der Waals surface area contributed by atoms with Gasteiger partial charge in [0.1, 0.15) is 17.3 Å². The number of urea groups is 1. The number of hydrogen-bond acceptors (Lipinski definition) is 3. The van der Waals surface area contributed by atoms with Gasteiger partial charge in [-0.25, -0.2) is 13.6 Å². The van der Waals surface area contributed by atoms with Gasteiger partial charge in [-0.15, -0.1) is 0 Å². The average Bonchev–Trinajstić information content (AvgIpc) is 2.91. The van der Waals surface area contributed by atoms with Crippen LogP contribution in [0.15, 0.2) is 40.9 Å². The Kier molecular flexibility index (Phi) is 3.92. The summed E-state index contributed by atoms with van der Waals surface area (Å²) in [7, 11) is 0. The molecule has 3 rings (SSSR count). The van der Waals surface area contributed by atoms with E-state index < -0.39 is 17.7 Å². The number of nitrogens with zero attached hydrogens (tertiary/aromatic N) is 1. The lowest BCUT2D eigenvalue weighted by molar-refractivity contribution is 0.251. The molecule has 0 saturated heterocycles. The van der Waals surface area contributed by atoms with Crippen molar-refractivity contribution in [2.24, 2.45) is 0 Å². The fourth-order valence-corrected chi connectivity index (χ4v) is 2.15. The van der Waals surface area contributed by atoms with Crippen molar-refractivity contribution in [3.63, 3.8) is 0 Å². The van der Waals surface area contributed by atoms with Gasteiger partial charge in [0, 0.05) is 11.5 Å². The van der Waals surface area contributed by atoms with Gasteiger partial charge in [0.05, 0.1) is 12.2 Å². The highest BCUT2D eigenvalue weighted by molar-refractivity contribution is 5.89. The van der Waals surface area contributed by atoms with Gasteiger partial charge < -0.3 is 15.2 Å². The van der Waals surface area contributed by atoms with Crippen LogP contribution in [0.25, 0.3) is 11.0 Å². The number of carbonyl (C=O) groups excluding carboxylic acids is 1. The zero-order chi connectivity index (χ0) is 16.4. The third-order valence-corrected chi connectivity index (χ3v) is 3.29. The number of fused-ring (bicyclic) bond motifs is 1. The predicted octanol–water partition coefficient (Wildman–Crippen LogP) is 3.74. The number of nitrogens with one attached hydrogen (secondary N) is 2. The lowest BCUT2D eigenvalue weighted by Gasteiger charge is -2.07. The molecule has 3 aromatic rings. The van der Waals surface area contributed by atoms with Crippen LogP contribution >= 0.6 is 0 Å². The minimum Gasteiger partial charge on any atom is -0.356 e. The van der Waals surface area contributed by atoms with Crippen molar-refractivity contribution in [3.8, 4) is 0 Å². The van der Waals surface area contributed by atoms with E-state index in [1.165, 1.54) is 0 Å². The molecule has 7 heteroatoms. The molecule has 0 bridgehead atoms. The van der Waals surface area contributed by atoms with Gasteiger partial charge in [-0.2, -0.15) is 0 Å². The summed E-state index contributed by atoms with van der Waals surface area (Å²) in [6, 6.07) is 7.74. The van der Waals surface area contributed by atoms with Gasteiger partial charge in [-0.1, -0.05) is 16.8 Å². The summed E-state index contributed by atoms with van der Waals surface area (Å²) in [6.45, 7) is 2.03. The number of rotatable bonds is 3. The zero-order valence-corrected chi connectivity index (χ0v) is 12.2. The number of hydrogen-bond donors (Lipinski definition) is 2. The molecule has 5 nitrogen and oxygen atoms in total. The van der Waals surface area contributed by atoms with Crippen molar-refractivity contribution >= 4 is 22.7 Å². The number of carbonyl (C=O) groups is 1. The molecule has 0 aliphatic heterocycles. The summed E-state index contributed by atoms with van der Waals surface area (Å²) in [6.07, 6.45) is 0. The van der Waals surface area contributed by atoms with E-state index in [9.17, 15) is 13.6 Å². The molecule has 1 aromatic heterocycles. The Bertz CT molecular complexity index is 877. The maximum absolute atomic E-state index is 13.5. The largest absolute Gasteiger partial charge is 0.356 e. The molecule has 0 aliphatic carbocycles. The van der Waals surface area contributed by atoms with Crippen LogP contribution in [0.5, 0.6) is 0 Å². The number of halogens is 2. The summed E-state index contributed by atoms with van der Waals surface area (Å²) < 4.78 is 31.7. The number of aryl methyl sites for hydroxylation is 1. The van der Waals surface area contributed by atoms with Gasteiger partial charge in [0.25, 0.3) is 0 Å². The Hall–Kier alpha value is -2.96. The standard InChI is InChI=1S/C16H13F2N3O2/c1-9-2-5-15-11(6-9)14(21-23-15)8-19-16(22)20-13-7-10(17)3-4-12(13)18/h2-7H,8H2,1H3,(H2,19,20,22). The first-order chi connectivity index (χ1) is 11.0. The minimum atomic E-state index is -0.718. The molecule has 0 aliphatic rings. The van der Waals surface area contributed by atoms with Gasteiger partial charge in [-0.05, 0) is 31.2 Å². The third kappa shape index (κ3) is 3.28. The SMILES string of the molecule is Cc1ccc2onc(CNC(=O)Nc3cc(F)ccc3F)c2c1. The van der Waals surface area contributed by atoms with E-state index in [4.69, 9.17) is 4.52 Å². The molecular formula is C16H13F2N3O2. The number of amides is 2. The molecule has 0 fully saturated rings. The van der Waals surface area contributed by atoms with E-state index in [2.05, 4.69) is 15.8 Å². The van der Waals surface area contributed by atoms with Crippen LogP contribution in [-0.4, -0.2) is 11.2 Å². The molecule has 2 aromatic carbocycles. The maximum atomic E-state index is 13.5. The van der Waals surface area contributed by atoms with E-state index in [1.54, 1.807) is 6.07 Å². The molecule has 118 valence electrons. The molecule has 23 heavy (non-hydrogen) atoms. The van der Waals surface area contributed by atoms with E-state index >= 15 is 0 Å². The monoisotopic (exact) mass is 317 g/mol. The van der Waals surface area contributed by atoms with Crippen LogP contribution < -0.4 is 10.6 Å². The van der Waals surface area contributed by atoms with E-state index in [-0.39, 0.29) is 12.2 Å². The molecule has 1 heterocycles. The fraction of sp³-hybridized carbons (Fsp3) is 0.125. The first-order valence-corrected chi connectivity index (χ1v) is 6.88. The zero-order valence-electron chi connectivity index (χ0n) is 12.2. The van der Waals surface area contributed by atoms with E-state index in [0.29, 0.717) is 11.3 Å². The van der Waals surface area contributed by atoms with Crippen molar-refractivity contribution in [1.29, 1.82) is 0 Å². The van der Waals surface area contributed by atoms with Crippen LogP contribution in [0, 0.1) is 18.6 Å². The second-order valence-electron chi connectivity index (χ2n) is 5.06. The highest BCUT2D eigenvalue weighted by Gasteiger charge is 2.11. The minimum absolute atomic E-state index is 0.0964. The van der Waals surface area contributed by atoms with Gasteiger partial charge >= 0.3 is 6.03 Å². The lowest BCUT2D eigenvalue weighted by atomic mass is 10.1. The molecule has 0 radical (unpaired) electrons. The Morgan fingerprint density at radius 2 is 2.04 bits per heavy atom. The molecule has 2 amide bonds. The summed E-state index contributed by atoms with van der Waals surface area (Å²) in [5.74, 6) is -1.36.